The van der Waals surface area contributed by atoms with Crippen LogP contribution < -0.4 is 11.1 Å². The maximum atomic E-state index is 11.8. The van der Waals surface area contributed by atoms with Crippen LogP contribution in [0.1, 0.15) is 22.9 Å². The van der Waals surface area contributed by atoms with E-state index in [2.05, 4.69) is 18.3 Å². The zero-order valence-corrected chi connectivity index (χ0v) is 13.1. The molecule has 19 heavy (non-hydrogen) atoms. The largest absolute Gasteiger partial charge is 0.330 e. The molecule has 0 saturated heterocycles. The smallest absolute Gasteiger partial charge is 0.235 e. The maximum Gasteiger partial charge on any atom is 0.235 e. The summed E-state index contributed by atoms with van der Waals surface area (Å²) in [5, 5.41) is 12.6. The second-order valence-corrected chi connectivity index (χ2v) is 6.76. The van der Waals surface area contributed by atoms with Crippen molar-refractivity contribution in [3.8, 4) is 6.07 Å². The van der Waals surface area contributed by atoms with Crippen molar-refractivity contribution in [1.29, 1.82) is 5.26 Å². The lowest BCUT2D eigenvalue weighted by molar-refractivity contribution is -0.113. The van der Waals surface area contributed by atoms with Crippen molar-refractivity contribution in [2.45, 2.75) is 20.8 Å². The molecule has 0 aliphatic carbocycles. The number of anilines is 1. The molecule has 1 aromatic heterocycles. The van der Waals surface area contributed by atoms with Gasteiger partial charge in [-0.2, -0.15) is 17.0 Å². The van der Waals surface area contributed by atoms with Crippen molar-refractivity contribution in [2.75, 3.05) is 23.4 Å². The predicted molar refractivity (Wildman–Crippen MR) is 82.7 cm³/mol. The Morgan fingerprint density at radius 2 is 2.26 bits per heavy atom. The minimum atomic E-state index is -0.0630. The third-order valence-electron chi connectivity index (χ3n) is 2.79. The second kappa shape index (κ2) is 7.53. The molecule has 0 aromatic carbocycles. The van der Waals surface area contributed by atoms with Gasteiger partial charge in [-0.05, 0) is 37.6 Å². The van der Waals surface area contributed by atoms with Crippen LogP contribution in [0.25, 0.3) is 0 Å². The molecule has 6 heteroatoms. The molecular formula is C13H19N3OS2. The van der Waals surface area contributed by atoms with Crippen LogP contribution in [0.5, 0.6) is 0 Å². The number of nitriles is 1. The summed E-state index contributed by atoms with van der Waals surface area (Å²) < 4.78 is 0. The Hall–Kier alpha value is -1.03. The fourth-order valence-electron chi connectivity index (χ4n) is 1.43. The van der Waals surface area contributed by atoms with E-state index in [-0.39, 0.29) is 5.91 Å². The van der Waals surface area contributed by atoms with Gasteiger partial charge in [0, 0.05) is 4.88 Å². The predicted octanol–water partition coefficient (Wildman–Crippen LogP) is 2.50. The molecule has 0 aliphatic heterocycles. The van der Waals surface area contributed by atoms with Gasteiger partial charge in [-0.3, -0.25) is 4.79 Å². The van der Waals surface area contributed by atoms with E-state index < -0.39 is 0 Å². The first kappa shape index (κ1) is 16.0. The standard InChI is InChI=1S/C13H19N3OS2/c1-8(4-14)6-18-7-12(17)16-13-11(5-15)9(2)10(3)19-13/h8H,4,6-7,14H2,1-3H3,(H,16,17). The van der Waals surface area contributed by atoms with E-state index in [0.717, 1.165) is 16.2 Å². The number of amides is 1. The van der Waals surface area contributed by atoms with Crippen LogP contribution in [-0.4, -0.2) is 24.0 Å². The molecule has 0 spiro atoms. The molecule has 1 heterocycles. The molecule has 1 unspecified atom stereocenters. The number of carbonyl (C=O) groups excluding carboxylic acids is 1. The lowest BCUT2D eigenvalue weighted by Crippen LogP contribution is -2.17. The molecule has 1 rings (SSSR count). The van der Waals surface area contributed by atoms with Gasteiger partial charge in [0.05, 0.1) is 11.3 Å². The topological polar surface area (TPSA) is 78.9 Å². The third-order valence-corrected chi connectivity index (χ3v) is 5.18. The van der Waals surface area contributed by atoms with Gasteiger partial charge in [0.2, 0.25) is 5.91 Å². The highest BCUT2D eigenvalue weighted by molar-refractivity contribution is 7.99. The molecular weight excluding hydrogens is 278 g/mol. The van der Waals surface area contributed by atoms with Gasteiger partial charge >= 0.3 is 0 Å². The van der Waals surface area contributed by atoms with Crippen LogP contribution in [0.4, 0.5) is 5.00 Å². The molecule has 0 saturated carbocycles. The first-order valence-electron chi connectivity index (χ1n) is 6.07. The number of aryl methyl sites for hydroxylation is 1. The Kier molecular flexibility index (Phi) is 6.35. The molecule has 104 valence electrons. The van der Waals surface area contributed by atoms with Crippen LogP contribution in [0.2, 0.25) is 0 Å². The van der Waals surface area contributed by atoms with Gasteiger partial charge in [-0.1, -0.05) is 6.92 Å². The van der Waals surface area contributed by atoms with E-state index >= 15 is 0 Å². The molecule has 1 atom stereocenters. The Morgan fingerprint density at radius 3 is 2.84 bits per heavy atom. The Balaban J connectivity index is 2.54. The minimum absolute atomic E-state index is 0.0630. The fourth-order valence-corrected chi connectivity index (χ4v) is 3.37. The lowest BCUT2D eigenvalue weighted by Gasteiger charge is -2.07. The highest BCUT2D eigenvalue weighted by Crippen LogP contribution is 2.31. The van der Waals surface area contributed by atoms with Gasteiger partial charge in [-0.25, -0.2) is 0 Å². The van der Waals surface area contributed by atoms with Gasteiger partial charge in [0.1, 0.15) is 11.1 Å². The van der Waals surface area contributed by atoms with Crippen molar-refractivity contribution in [3.05, 3.63) is 16.0 Å². The fraction of sp³-hybridized carbons (Fsp3) is 0.538. The average Bonchev–Trinajstić information content (AvgIpc) is 2.64. The number of thiophene rings is 1. The monoisotopic (exact) mass is 297 g/mol. The number of nitrogens with two attached hydrogens (primary N) is 1. The summed E-state index contributed by atoms with van der Waals surface area (Å²) in [4.78, 5) is 12.9. The van der Waals surface area contributed by atoms with E-state index in [1.54, 1.807) is 11.8 Å². The first-order valence-corrected chi connectivity index (χ1v) is 8.04. The van der Waals surface area contributed by atoms with Gasteiger partial charge in [-0.15, -0.1) is 11.3 Å². The van der Waals surface area contributed by atoms with Crippen molar-refractivity contribution < 1.29 is 4.79 Å². The summed E-state index contributed by atoms with van der Waals surface area (Å²) >= 11 is 3.02. The highest BCUT2D eigenvalue weighted by atomic mass is 32.2. The summed E-state index contributed by atoms with van der Waals surface area (Å²) in [5.41, 5.74) is 7.05. The Bertz CT molecular complexity index is 491. The quantitative estimate of drug-likeness (QED) is 0.845. The summed E-state index contributed by atoms with van der Waals surface area (Å²) in [6.07, 6.45) is 0. The van der Waals surface area contributed by atoms with Crippen LogP contribution in [0, 0.1) is 31.1 Å². The van der Waals surface area contributed by atoms with Crippen molar-refractivity contribution in [1.82, 2.24) is 0 Å². The molecule has 0 radical (unpaired) electrons. The number of hydrogen-bond donors (Lipinski definition) is 2. The van der Waals surface area contributed by atoms with Crippen molar-refractivity contribution >= 4 is 34.0 Å². The first-order chi connectivity index (χ1) is 8.99. The lowest BCUT2D eigenvalue weighted by atomic mass is 10.2. The maximum absolute atomic E-state index is 11.8. The van der Waals surface area contributed by atoms with Gasteiger partial charge in [0.15, 0.2) is 0 Å². The highest BCUT2D eigenvalue weighted by Gasteiger charge is 2.14. The van der Waals surface area contributed by atoms with Crippen molar-refractivity contribution in [2.24, 2.45) is 11.7 Å². The van der Waals surface area contributed by atoms with Crippen LogP contribution in [-0.2, 0) is 4.79 Å². The number of rotatable bonds is 6. The summed E-state index contributed by atoms with van der Waals surface area (Å²) in [6, 6.07) is 2.15. The Morgan fingerprint density at radius 1 is 1.58 bits per heavy atom. The molecule has 0 bridgehead atoms. The molecule has 3 N–H and O–H groups in total. The van der Waals surface area contributed by atoms with Gasteiger partial charge < -0.3 is 11.1 Å². The minimum Gasteiger partial charge on any atom is -0.330 e. The zero-order valence-electron chi connectivity index (χ0n) is 11.4. The molecule has 0 aliphatic rings. The van der Waals surface area contributed by atoms with Gasteiger partial charge in [0.25, 0.3) is 0 Å². The third kappa shape index (κ3) is 4.53. The molecule has 1 amide bonds. The number of carbonyl (C=O) groups is 1. The van der Waals surface area contributed by atoms with E-state index in [9.17, 15) is 4.79 Å². The molecule has 4 nitrogen and oxygen atoms in total. The molecule has 0 fully saturated rings. The molecule has 1 aromatic rings. The van der Waals surface area contributed by atoms with E-state index in [4.69, 9.17) is 11.0 Å². The normalized spacial score (nSPS) is 11.9. The number of nitrogens with one attached hydrogen (secondary N) is 1. The van der Waals surface area contributed by atoms with Crippen LogP contribution >= 0.6 is 23.1 Å². The van der Waals surface area contributed by atoms with Crippen molar-refractivity contribution in [3.63, 3.8) is 0 Å². The summed E-state index contributed by atoms with van der Waals surface area (Å²) in [7, 11) is 0. The number of nitrogens with zero attached hydrogens (tertiary/aromatic N) is 1. The Labute approximate surface area is 122 Å². The average molecular weight is 297 g/mol. The van der Waals surface area contributed by atoms with E-state index in [0.29, 0.717) is 28.8 Å². The van der Waals surface area contributed by atoms with E-state index in [1.165, 1.54) is 11.3 Å². The van der Waals surface area contributed by atoms with Crippen LogP contribution in [0.15, 0.2) is 0 Å². The summed E-state index contributed by atoms with van der Waals surface area (Å²) in [6.45, 7) is 6.55. The second-order valence-electron chi connectivity index (χ2n) is 4.50. The SMILES string of the molecule is Cc1sc(NC(=O)CSCC(C)CN)c(C#N)c1C. The zero-order chi connectivity index (χ0) is 14.4. The number of thioether (sulfide) groups is 1. The van der Waals surface area contributed by atoms with Crippen LogP contribution in [0.3, 0.4) is 0 Å². The summed E-state index contributed by atoms with van der Waals surface area (Å²) in [5.74, 6) is 1.62. The van der Waals surface area contributed by atoms with E-state index in [1.807, 2.05) is 13.8 Å². The number of hydrogen-bond acceptors (Lipinski definition) is 5.